The predicted octanol–water partition coefficient (Wildman–Crippen LogP) is 1.52. The van der Waals surface area contributed by atoms with Crippen molar-refractivity contribution in [1.29, 1.82) is 0 Å². The van der Waals surface area contributed by atoms with Crippen molar-refractivity contribution in [2.45, 2.75) is 25.9 Å². The summed E-state index contributed by atoms with van der Waals surface area (Å²) >= 11 is 1.60. The molecule has 4 heteroatoms. The third kappa shape index (κ3) is 2.13. The Kier molecular flexibility index (Phi) is 3.04. The molecule has 88 valence electrons. The molecule has 2 rings (SSSR count). The number of carbonyl (C=O) groups is 1. The minimum atomic E-state index is -0.662. The zero-order valence-electron chi connectivity index (χ0n) is 9.64. The summed E-state index contributed by atoms with van der Waals surface area (Å²) in [7, 11) is 0. The number of amides is 1. The second kappa shape index (κ2) is 4.18. The Morgan fingerprint density at radius 3 is 2.81 bits per heavy atom. The van der Waals surface area contributed by atoms with Crippen LogP contribution in [-0.2, 0) is 11.2 Å². The number of hydrogen-bond donors (Lipinski definition) is 1. The van der Waals surface area contributed by atoms with E-state index in [9.17, 15) is 9.90 Å². The summed E-state index contributed by atoms with van der Waals surface area (Å²) in [4.78, 5) is 13.6. The van der Waals surface area contributed by atoms with Gasteiger partial charge in [0.2, 0.25) is 5.91 Å². The maximum Gasteiger partial charge on any atom is 0.227 e. The number of nitrogens with zero attached hydrogens (tertiary/aromatic N) is 1. The van der Waals surface area contributed by atoms with Crippen LogP contribution in [0.15, 0.2) is 16.8 Å². The maximum absolute atomic E-state index is 11.8. The number of thiophene rings is 1. The fourth-order valence-electron chi connectivity index (χ4n) is 1.84. The van der Waals surface area contributed by atoms with Crippen molar-refractivity contribution < 1.29 is 9.90 Å². The van der Waals surface area contributed by atoms with E-state index in [0.717, 1.165) is 5.56 Å². The molecule has 3 nitrogen and oxygen atoms in total. The van der Waals surface area contributed by atoms with Gasteiger partial charge in [-0.15, -0.1) is 0 Å². The van der Waals surface area contributed by atoms with Crippen LogP contribution in [0.3, 0.4) is 0 Å². The van der Waals surface area contributed by atoms with Gasteiger partial charge >= 0.3 is 0 Å². The van der Waals surface area contributed by atoms with Crippen LogP contribution in [0.5, 0.6) is 0 Å². The van der Waals surface area contributed by atoms with Gasteiger partial charge in [0.25, 0.3) is 0 Å². The topological polar surface area (TPSA) is 40.5 Å². The average molecular weight is 239 g/mol. The Hall–Kier alpha value is -0.870. The molecule has 0 radical (unpaired) electrons. The van der Waals surface area contributed by atoms with E-state index < -0.39 is 5.60 Å². The largest absolute Gasteiger partial charge is 0.386 e. The first-order valence-corrected chi connectivity index (χ1v) is 6.47. The monoisotopic (exact) mass is 239 g/mol. The second-order valence-electron chi connectivity index (χ2n) is 4.82. The van der Waals surface area contributed by atoms with Gasteiger partial charge in [0, 0.05) is 0 Å². The van der Waals surface area contributed by atoms with Gasteiger partial charge in [-0.05, 0) is 28.3 Å². The summed E-state index contributed by atoms with van der Waals surface area (Å²) in [5, 5.41) is 14.0. The molecule has 0 atom stereocenters. The van der Waals surface area contributed by atoms with Gasteiger partial charge in [-0.2, -0.15) is 11.3 Å². The molecule has 1 fully saturated rings. The van der Waals surface area contributed by atoms with Crippen molar-refractivity contribution in [2.75, 3.05) is 13.1 Å². The highest BCUT2D eigenvalue weighted by atomic mass is 32.1. The van der Waals surface area contributed by atoms with Crippen LogP contribution in [0.2, 0.25) is 0 Å². The lowest BCUT2D eigenvalue weighted by molar-refractivity contribution is -0.163. The number of aliphatic hydroxyl groups is 1. The number of carbonyl (C=O) groups excluding carboxylic acids is 1. The van der Waals surface area contributed by atoms with Gasteiger partial charge in [-0.25, -0.2) is 0 Å². The number of β-amino-alcohol motifs (C(OH)–C–C–N with tert-alkyl or cyclic N) is 1. The van der Waals surface area contributed by atoms with Gasteiger partial charge < -0.3 is 10.0 Å². The van der Waals surface area contributed by atoms with E-state index in [0.29, 0.717) is 19.5 Å². The average Bonchev–Trinajstić information content (AvgIpc) is 2.64. The fraction of sp³-hybridized carbons (Fsp3) is 0.583. The summed E-state index contributed by atoms with van der Waals surface area (Å²) in [5.41, 5.74) is 0.402. The van der Waals surface area contributed by atoms with Crippen LogP contribution in [0.4, 0.5) is 0 Å². The van der Waals surface area contributed by atoms with E-state index in [1.54, 1.807) is 16.2 Å². The molecule has 16 heavy (non-hydrogen) atoms. The number of hydrogen-bond acceptors (Lipinski definition) is 3. The molecule has 2 heterocycles. The number of likely N-dealkylation sites (tertiary alicyclic amines) is 1. The zero-order chi connectivity index (χ0) is 11.8. The van der Waals surface area contributed by atoms with Gasteiger partial charge in [0.15, 0.2) is 0 Å². The van der Waals surface area contributed by atoms with Gasteiger partial charge in [0.1, 0.15) is 5.60 Å². The normalized spacial score (nSPS) is 18.6. The van der Waals surface area contributed by atoms with Gasteiger partial charge in [-0.1, -0.05) is 13.8 Å². The van der Waals surface area contributed by atoms with Gasteiger partial charge in [0.05, 0.1) is 19.5 Å². The lowest BCUT2D eigenvalue weighted by Crippen LogP contribution is -2.66. The van der Waals surface area contributed by atoms with Crippen LogP contribution in [0.1, 0.15) is 19.4 Å². The summed E-state index contributed by atoms with van der Waals surface area (Å²) in [5.74, 6) is 0.321. The lowest BCUT2D eigenvalue weighted by Gasteiger charge is -2.49. The van der Waals surface area contributed by atoms with Crippen molar-refractivity contribution in [3.05, 3.63) is 22.4 Å². The molecule has 1 aromatic heterocycles. The van der Waals surface area contributed by atoms with E-state index >= 15 is 0 Å². The fourth-order valence-corrected chi connectivity index (χ4v) is 2.50. The molecule has 0 aromatic carbocycles. The molecular formula is C12H17NO2S. The van der Waals surface area contributed by atoms with Crippen LogP contribution < -0.4 is 0 Å². The van der Waals surface area contributed by atoms with Crippen molar-refractivity contribution >= 4 is 17.2 Å². The molecule has 1 amide bonds. The Morgan fingerprint density at radius 2 is 2.31 bits per heavy atom. The highest BCUT2D eigenvalue weighted by Crippen LogP contribution is 2.29. The Bertz CT molecular complexity index is 366. The van der Waals surface area contributed by atoms with E-state index in [1.165, 1.54) is 0 Å². The summed E-state index contributed by atoms with van der Waals surface area (Å²) in [6.45, 7) is 4.93. The zero-order valence-corrected chi connectivity index (χ0v) is 10.5. The molecule has 0 spiro atoms. The Balaban J connectivity index is 1.86. The van der Waals surface area contributed by atoms with Crippen LogP contribution >= 0.6 is 11.3 Å². The first-order valence-electron chi connectivity index (χ1n) is 5.52. The highest BCUT2D eigenvalue weighted by Gasteiger charge is 2.45. The molecule has 0 aliphatic carbocycles. The molecule has 1 aromatic rings. The van der Waals surface area contributed by atoms with E-state index in [-0.39, 0.29) is 11.8 Å². The highest BCUT2D eigenvalue weighted by molar-refractivity contribution is 7.07. The molecule has 1 N–H and O–H groups in total. The van der Waals surface area contributed by atoms with E-state index in [4.69, 9.17) is 0 Å². The molecule has 0 bridgehead atoms. The van der Waals surface area contributed by atoms with Crippen molar-refractivity contribution in [3.63, 3.8) is 0 Å². The molecular weight excluding hydrogens is 222 g/mol. The number of rotatable bonds is 3. The SMILES string of the molecule is CC(C)C1(O)CN(C(=O)Cc2ccsc2)C1. The first-order chi connectivity index (χ1) is 7.51. The standard InChI is InChI=1S/C12H17NO2S/c1-9(2)12(15)7-13(8-12)11(14)5-10-3-4-16-6-10/h3-4,6,9,15H,5,7-8H2,1-2H3. The Morgan fingerprint density at radius 1 is 1.62 bits per heavy atom. The first kappa shape index (κ1) is 11.6. The third-order valence-corrected chi connectivity index (χ3v) is 4.02. The molecule has 1 saturated heterocycles. The third-order valence-electron chi connectivity index (χ3n) is 3.29. The minimum Gasteiger partial charge on any atom is -0.386 e. The molecule has 0 saturated carbocycles. The minimum absolute atomic E-state index is 0.115. The smallest absolute Gasteiger partial charge is 0.227 e. The molecule has 0 unspecified atom stereocenters. The quantitative estimate of drug-likeness (QED) is 0.869. The van der Waals surface area contributed by atoms with E-state index in [2.05, 4.69) is 0 Å². The van der Waals surface area contributed by atoms with E-state index in [1.807, 2.05) is 30.7 Å². The van der Waals surface area contributed by atoms with Crippen LogP contribution in [-0.4, -0.2) is 34.6 Å². The van der Waals surface area contributed by atoms with Crippen LogP contribution in [0, 0.1) is 5.92 Å². The molecule has 1 aliphatic rings. The second-order valence-corrected chi connectivity index (χ2v) is 5.60. The lowest BCUT2D eigenvalue weighted by atomic mass is 9.83. The van der Waals surface area contributed by atoms with Crippen molar-refractivity contribution in [2.24, 2.45) is 5.92 Å². The summed E-state index contributed by atoms with van der Waals surface area (Å²) in [6.07, 6.45) is 0.456. The predicted molar refractivity (Wildman–Crippen MR) is 64.4 cm³/mol. The van der Waals surface area contributed by atoms with Crippen molar-refractivity contribution in [3.8, 4) is 0 Å². The Labute approximate surface area is 99.7 Å². The van der Waals surface area contributed by atoms with Crippen LogP contribution in [0.25, 0.3) is 0 Å². The summed E-state index contributed by atoms with van der Waals surface area (Å²) < 4.78 is 0. The maximum atomic E-state index is 11.8. The summed E-state index contributed by atoms with van der Waals surface area (Å²) in [6, 6.07) is 1.97. The van der Waals surface area contributed by atoms with Crippen molar-refractivity contribution in [1.82, 2.24) is 4.90 Å². The molecule has 1 aliphatic heterocycles. The van der Waals surface area contributed by atoms with Gasteiger partial charge in [-0.3, -0.25) is 4.79 Å².